The van der Waals surface area contributed by atoms with Crippen LogP contribution in [0.3, 0.4) is 0 Å². The van der Waals surface area contributed by atoms with Crippen LogP contribution >= 0.6 is 12.1 Å². The van der Waals surface area contributed by atoms with Crippen LogP contribution in [-0.2, 0) is 11.3 Å². The predicted molar refractivity (Wildman–Crippen MR) is 92.2 cm³/mol. The number of quaternary nitrogens is 1. The number of para-hydroxylation sites is 1. The van der Waals surface area contributed by atoms with Crippen LogP contribution in [0.5, 0.6) is 11.5 Å². The van der Waals surface area contributed by atoms with E-state index in [1.165, 1.54) is 0 Å². The van der Waals surface area contributed by atoms with E-state index in [1.807, 2.05) is 54.6 Å². The molecular weight excluding hydrogens is 340 g/mol. The van der Waals surface area contributed by atoms with Crippen molar-refractivity contribution in [2.45, 2.75) is 19.4 Å². The van der Waals surface area contributed by atoms with Gasteiger partial charge in [0.05, 0.1) is 13.0 Å². The van der Waals surface area contributed by atoms with Gasteiger partial charge in [0.15, 0.2) is 0 Å². The van der Waals surface area contributed by atoms with Crippen molar-refractivity contribution < 1.29 is 23.3 Å². The first-order valence-electron chi connectivity index (χ1n) is 7.95. The summed E-state index contributed by atoms with van der Waals surface area (Å²) >= 11 is 0.894. The first kappa shape index (κ1) is 17.3. The summed E-state index contributed by atoms with van der Waals surface area (Å²) in [5.74, 6) is 1.47. The van der Waals surface area contributed by atoms with Crippen LogP contribution < -0.4 is 14.6 Å². The molecule has 1 atom stereocenters. The molecule has 1 aliphatic rings. The van der Waals surface area contributed by atoms with Gasteiger partial charge in [-0.3, -0.25) is 4.72 Å². The average Bonchev–Trinajstić information content (AvgIpc) is 2.97. The Morgan fingerprint density at radius 2 is 1.80 bits per heavy atom. The van der Waals surface area contributed by atoms with Gasteiger partial charge in [0, 0.05) is 12.0 Å². The van der Waals surface area contributed by atoms with E-state index in [4.69, 9.17) is 4.74 Å². The van der Waals surface area contributed by atoms with Gasteiger partial charge in [-0.15, -0.1) is 0 Å². The third-order valence-electron chi connectivity index (χ3n) is 4.01. The zero-order valence-corrected chi connectivity index (χ0v) is 14.3. The van der Waals surface area contributed by atoms with Crippen molar-refractivity contribution in [2.75, 3.05) is 6.54 Å². The van der Waals surface area contributed by atoms with E-state index in [1.54, 1.807) is 0 Å². The average molecular weight is 358 g/mol. The van der Waals surface area contributed by atoms with E-state index >= 15 is 0 Å². The minimum absolute atomic E-state index is 0.00681. The minimum atomic E-state index is -1.39. The lowest BCUT2D eigenvalue weighted by Crippen LogP contribution is -2.46. The highest BCUT2D eigenvalue weighted by atomic mass is 32.2. The number of amides is 2. The highest BCUT2D eigenvalue weighted by Crippen LogP contribution is 2.33. The maximum Gasteiger partial charge on any atom is 0.327 e. The second kappa shape index (κ2) is 7.58. The molecule has 3 rings (SSSR count). The van der Waals surface area contributed by atoms with Gasteiger partial charge < -0.3 is 14.6 Å². The zero-order valence-electron chi connectivity index (χ0n) is 13.5. The molecule has 1 fully saturated rings. The predicted octanol–water partition coefficient (Wildman–Crippen LogP) is 2.61. The van der Waals surface area contributed by atoms with Crippen molar-refractivity contribution >= 4 is 24.1 Å². The van der Waals surface area contributed by atoms with Crippen LogP contribution in [0.2, 0.25) is 0 Å². The van der Waals surface area contributed by atoms with Crippen LogP contribution in [0.4, 0.5) is 4.79 Å². The van der Waals surface area contributed by atoms with E-state index < -0.39 is 6.09 Å². The molecule has 25 heavy (non-hydrogen) atoms. The SMILES string of the molecule is O=C([O-])NS[N+]1(Cc2ccc(Oc3ccccc3)cc2)CCCC1=O. The third-order valence-corrected chi connectivity index (χ3v) is 5.13. The lowest BCUT2D eigenvalue weighted by Gasteiger charge is -2.28. The third kappa shape index (κ3) is 4.32. The molecule has 0 aliphatic carbocycles. The number of hydrogen-bond acceptors (Lipinski definition) is 5. The number of rotatable bonds is 6. The smallest absolute Gasteiger partial charge is 0.327 e. The molecule has 7 heteroatoms. The summed E-state index contributed by atoms with van der Waals surface area (Å²) in [5, 5.41) is 10.7. The fourth-order valence-electron chi connectivity index (χ4n) is 2.82. The largest absolute Gasteiger partial charge is 0.529 e. The molecule has 1 saturated heterocycles. The summed E-state index contributed by atoms with van der Waals surface area (Å²) in [6, 6.07) is 16.9. The molecule has 0 bridgehead atoms. The van der Waals surface area contributed by atoms with Crippen molar-refractivity contribution in [1.82, 2.24) is 4.72 Å². The number of likely N-dealkylation sites (tertiary alicyclic amines) is 1. The molecule has 1 aliphatic heterocycles. The van der Waals surface area contributed by atoms with E-state index in [0.717, 1.165) is 29.9 Å². The first-order valence-corrected chi connectivity index (χ1v) is 8.73. The number of carbonyl (C=O) groups is 2. The summed E-state index contributed by atoms with van der Waals surface area (Å²) in [4.78, 5) is 23.0. The molecule has 0 aromatic heterocycles. The first-order chi connectivity index (χ1) is 12.1. The van der Waals surface area contributed by atoms with Gasteiger partial charge in [-0.05, 0) is 36.4 Å². The molecule has 6 nitrogen and oxygen atoms in total. The van der Waals surface area contributed by atoms with E-state index in [9.17, 15) is 14.7 Å². The fourth-order valence-corrected chi connectivity index (χ4v) is 3.69. The number of nitrogens with zero attached hydrogens (tertiary/aromatic N) is 1. The maximum absolute atomic E-state index is 12.3. The van der Waals surface area contributed by atoms with Crippen LogP contribution in [0.15, 0.2) is 54.6 Å². The van der Waals surface area contributed by atoms with Crippen LogP contribution in [0.25, 0.3) is 0 Å². The Bertz CT molecular complexity index is 751. The summed E-state index contributed by atoms with van der Waals surface area (Å²) in [5.41, 5.74) is 0.934. The molecular formula is C18H18N2O4S. The summed E-state index contributed by atoms with van der Waals surface area (Å²) in [6.45, 7) is 1.00. The summed E-state index contributed by atoms with van der Waals surface area (Å²) in [7, 11) is 0. The number of carboxylic acid groups (broad SMARTS) is 1. The molecule has 0 saturated carbocycles. The lowest BCUT2D eigenvalue weighted by molar-refractivity contribution is -0.722. The standard InChI is InChI=1S/C18H18N2O4S/c21-17-7-4-12-20(17,25-19-18(22)23)13-14-8-10-16(11-9-14)24-15-5-2-1-3-6-15/h1-3,5-6,8-11,19H,4,7,12-13H2. The Hall–Kier alpha value is -2.51. The molecule has 0 spiro atoms. The minimum Gasteiger partial charge on any atom is -0.529 e. The summed E-state index contributed by atoms with van der Waals surface area (Å²) in [6.07, 6.45) is -0.194. The Morgan fingerprint density at radius 1 is 1.12 bits per heavy atom. The molecule has 2 aromatic carbocycles. The van der Waals surface area contributed by atoms with Gasteiger partial charge in [-0.2, -0.15) is 3.89 Å². The number of ether oxygens (including phenoxy) is 1. The highest BCUT2D eigenvalue weighted by molar-refractivity contribution is 7.92. The van der Waals surface area contributed by atoms with Crippen LogP contribution in [0.1, 0.15) is 18.4 Å². The topological polar surface area (TPSA) is 78.5 Å². The maximum atomic E-state index is 12.3. The van der Waals surface area contributed by atoms with Crippen molar-refractivity contribution in [2.24, 2.45) is 0 Å². The van der Waals surface area contributed by atoms with Crippen molar-refractivity contribution in [1.29, 1.82) is 0 Å². The van der Waals surface area contributed by atoms with Gasteiger partial charge >= 0.3 is 5.91 Å². The molecule has 2 amide bonds. The fraction of sp³-hybridized carbons (Fsp3) is 0.222. The van der Waals surface area contributed by atoms with E-state index in [-0.39, 0.29) is 9.80 Å². The molecule has 1 unspecified atom stereocenters. The Morgan fingerprint density at radius 3 is 2.40 bits per heavy atom. The Labute approximate surface area is 150 Å². The van der Waals surface area contributed by atoms with Gasteiger partial charge in [0.1, 0.15) is 24.1 Å². The van der Waals surface area contributed by atoms with Gasteiger partial charge in [-0.25, -0.2) is 4.79 Å². The van der Waals surface area contributed by atoms with Crippen molar-refractivity contribution in [3.63, 3.8) is 0 Å². The molecule has 1 heterocycles. The normalized spacial score (nSPS) is 19.6. The number of nitrogens with one attached hydrogen (secondary N) is 1. The zero-order chi connectivity index (χ0) is 17.7. The molecule has 1 N–H and O–H groups in total. The highest BCUT2D eigenvalue weighted by Gasteiger charge is 2.43. The van der Waals surface area contributed by atoms with Crippen LogP contribution in [-0.4, -0.2) is 22.4 Å². The Balaban J connectivity index is 1.70. The Kier molecular flexibility index (Phi) is 5.25. The van der Waals surface area contributed by atoms with Crippen LogP contribution in [0, 0.1) is 0 Å². The molecule has 2 aromatic rings. The second-order valence-corrected chi connectivity index (χ2v) is 6.89. The molecule has 0 radical (unpaired) electrons. The van der Waals surface area contributed by atoms with E-state index in [2.05, 4.69) is 4.72 Å². The monoisotopic (exact) mass is 358 g/mol. The number of benzene rings is 2. The van der Waals surface area contributed by atoms with E-state index in [0.29, 0.717) is 25.3 Å². The van der Waals surface area contributed by atoms with Gasteiger partial charge in [0.25, 0.3) is 0 Å². The van der Waals surface area contributed by atoms with Gasteiger partial charge in [-0.1, -0.05) is 18.2 Å². The number of hydrogen-bond donors (Lipinski definition) is 1. The summed E-state index contributed by atoms with van der Waals surface area (Å²) < 4.78 is 7.93. The second-order valence-electron chi connectivity index (χ2n) is 5.81. The number of carbonyl (C=O) groups excluding carboxylic acids is 2. The van der Waals surface area contributed by atoms with Crippen molar-refractivity contribution in [3.05, 3.63) is 60.2 Å². The van der Waals surface area contributed by atoms with Crippen molar-refractivity contribution in [3.8, 4) is 11.5 Å². The molecule has 130 valence electrons. The quantitative estimate of drug-likeness (QED) is 0.634. The lowest BCUT2D eigenvalue weighted by atomic mass is 10.2. The van der Waals surface area contributed by atoms with Gasteiger partial charge in [0.2, 0.25) is 12.1 Å².